The Morgan fingerprint density at radius 1 is 0.686 bits per heavy atom. The quantitative estimate of drug-likeness (QED) is 0.0508. The van der Waals surface area contributed by atoms with E-state index in [-0.39, 0.29) is 98.8 Å². The Labute approximate surface area is 595 Å². The number of carboxylic acids is 1. The zero-order valence-electron chi connectivity index (χ0n) is 57.2. The van der Waals surface area contributed by atoms with Crippen LogP contribution in [-0.2, 0) is 63.1 Å². The number of carbonyl (C=O) groups is 12. The van der Waals surface area contributed by atoms with Gasteiger partial charge in [0.2, 0.25) is 59.1 Å². The zero-order valence-corrected chi connectivity index (χ0v) is 58.1. The molecule has 10 rings (SSSR count). The highest BCUT2D eigenvalue weighted by Crippen LogP contribution is 2.57. The van der Waals surface area contributed by atoms with E-state index < -0.39 is 139 Å². The molecule has 4 fully saturated rings. The Balaban J connectivity index is 0.794. The third-order valence-corrected chi connectivity index (χ3v) is 20.2. The smallest absolute Gasteiger partial charge is 0.340 e. The number of aliphatic carboxylic acids is 1. The van der Waals surface area contributed by atoms with E-state index in [1.807, 2.05) is 0 Å². The molecule has 7 aliphatic heterocycles. The summed E-state index contributed by atoms with van der Waals surface area (Å²) >= 11 is 5.69. The van der Waals surface area contributed by atoms with Crippen molar-refractivity contribution in [1.29, 1.82) is 0 Å². The molecule has 31 heteroatoms. The lowest BCUT2D eigenvalue weighted by Crippen LogP contribution is -2.60. The summed E-state index contributed by atoms with van der Waals surface area (Å²) in [5.41, 5.74) is 6.29. The van der Waals surface area contributed by atoms with Crippen LogP contribution in [0.4, 0.5) is 5.69 Å². The Bertz CT molecular complexity index is 3740. The molecule has 3 aromatic carbocycles. The van der Waals surface area contributed by atoms with Gasteiger partial charge in [-0.1, -0.05) is 25.0 Å². The molecule has 0 unspecified atom stereocenters. The highest BCUT2D eigenvalue weighted by Gasteiger charge is 2.54. The molecule has 0 aromatic heterocycles. The number of nitrogens with zero attached hydrogens (tertiary/aromatic N) is 6. The number of fused-ring (bicyclic) bond motifs is 9. The van der Waals surface area contributed by atoms with Crippen LogP contribution in [0.15, 0.2) is 66.7 Å². The second-order valence-electron chi connectivity index (χ2n) is 27.1. The van der Waals surface area contributed by atoms with Gasteiger partial charge in [0.05, 0.1) is 24.8 Å². The number of phenolic OH excluding ortho intramolecular Hbond substituents is 2. The molecule has 0 bridgehead atoms. The van der Waals surface area contributed by atoms with Crippen LogP contribution in [0.5, 0.6) is 23.0 Å². The fourth-order valence-electron chi connectivity index (χ4n) is 14.8. The number of esters is 1. The first-order valence-corrected chi connectivity index (χ1v) is 35.5. The third kappa shape index (κ3) is 17.0. The SMILES string of the molecule is C[C@@H]1NC(=O)[C@H]([C@@H](C)O)NC(=O)[C@@H]2CCCN2C(=O)CN(C(=O)[C@@H]2CCCN2C(=O)CCCCNC(=S)Nc2ccc3c(c2)C2(OC3=O)c3ccc(O)cc3Oc3cc(O)ccc32)CCCCCCC=CCN(CC(N)=O)C(=O)[C@H](CCC(=O)O)NC(=O)[C@@H]2CCCN2C(=O)[C@@H]2CCCN2C1=O. The summed E-state index contributed by atoms with van der Waals surface area (Å²) in [7, 11) is 0. The molecular formula is C71H90N12O18S. The molecule has 1 spiro atoms. The van der Waals surface area contributed by atoms with Crippen LogP contribution in [0, 0.1) is 0 Å². The Kier molecular flexibility index (Phi) is 24.4. The maximum Gasteiger partial charge on any atom is 0.340 e. The number of rotatable bonds is 13. The molecule has 0 aliphatic carbocycles. The van der Waals surface area contributed by atoms with E-state index in [2.05, 4.69) is 26.6 Å². The number of unbranched alkanes of at least 4 members (excludes halogenated alkanes) is 1. The van der Waals surface area contributed by atoms with Crippen LogP contribution >= 0.6 is 12.2 Å². The Morgan fingerprint density at radius 3 is 2.00 bits per heavy atom. The van der Waals surface area contributed by atoms with E-state index in [1.54, 1.807) is 47.4 Å². The molecule has 30 nitrogen and oxygen atoms in total. The Hall–Kier alpha value is -9.91. The maximum atomic E-state index is 14.9. The van der Waals surface area contributed by atoms with E-state index in [1.165, 1.54) is 57.7 Å². The van der Waals surface area contributed by atoms with Crippen molar-refractivity contribution in [2.45, 2.75) is 183 Å². The summed E-state index contributed by atoms with van der Waals surface area (Å²) in [5, 5.41) is 55.7. The molecule has 0 radical (unpaired) electrons. The summed E-state index contributed by atoms with van der Waals surface area (Å²) < 4.78 is 12.3. The number of nitrogens with two attached hydrogens (primary N) is 1. The van der Waals surface area contributed by atoms with Crippen LogP contribution in [-0.4, -0.2) is 233 Å². The number of hydrogen-bond acceptors (Lipinski definition) is 18. The number of allylic oxidation sites excluding steroid dienone is 1. The van der Waals surface area contributed by atoms with Crippen molar-refractivity contribution in [2.24, 2.45) is 5.73 Å². The number of aliphatic hydroxyl groups excluding tert-OH is 1. The van der Waals surface area contributed by atoms with Gasteiger partial charge in [-0.05, 0) is 158 Å². The number of anilines is 1. The maximum absolute atomic E-state index is 14.9. The summed E-state index contributed by atoms with van der Waals surface area (Å²) in [4.78, 5) is 174. The summed E-state index contributed by atoms with van der Waals surface area (Å²) in [6.07, 6.45) is 7.60. The number of hydrogen-bond donors (Lipinski definition) is 10. The van der Waals surface area contributed by atoms with Crippen molar-refractivity contribution >= 4 is 94.0 Å². The van der Waals surface area contributed by atoms with Gasteiger partial charge in [0.15, 0.2) is 10.7 Å². The second-order valence-corrected chi connectivity index (χ2v) is 27.5. The number of phenols is 2. The molecule has 7 aliphatic rings. The van der Waals surface area contributed by atoms with Crippen LogP contribution < -0.4 is 37.1 Å². The predicted molar refractivity (Wildman–Crippen MR) is 370 cm³/mol. The number of benzene rings is 3. The van der Waals surface area contributed by atoms with Crippen molar-refractivity contribution in [3.8, 4) is 23.0 Å². The minimum Gasteiger partial charge on any atom is -0.508 e. The van der Waals surface area contributed by atoms with Gasteiger partial charge in [-0.3, -0.25) is 52.7 Å². The molecule has 7 heterocycles. The molecule has 3 aromatic rings. The van der Waals surface area contributed by atoms with E-state index in [9.17, 15) is 78.0 Å². The van der Waals surface area contributed by atoms with Crippen LogP contribution in [0.25, 0.3) is 0 Å². The molecule has 4 saturated heterocycles. The van der Waals surface area contributed by atoms with Crippen LogP contribution in [0.2, 0.25) is 0 Å². The van der Waals surface area contributed by atoms with Gasteiger partial charge in [0, 0.05) is 93.2 Å². The normalized spacial score (nSPS) is 24.2. The van der Waals surface area contributed by atoms with E-state index in [0.29, 0.717) is 118 Å². The summed E-state index contributed by atoms with van der Waals surface area (Å²) in [6.45, 7) is 2.72. The van der Waals surface area contributed by atoms with Gasteiger partial charge in [-0.15, -0.1) is 0 Å². The standard InChI is InChI=1S/C71H90N12O18S/c1-41-65(95)83-35-15-19-54(83)68(98)82-34-13-17-52(82)62(92)76-50(27-28-60(90)91)66(96)78(39-57(72)87)30-10-6-4-3-5-7-11-31-79(40-59(89)80-32-12-16-51(80)63(93)77-61(42(2)84)64(94)74-41)67(97)53-18-14-33-81(53)58(88)20-8-9-29-73-70(102)75-43-21-24-46-49(36-43)71(101-69(46)99)47-25-22-44(85)37-55(47)100-56-38-45(86)23-26-48(56)71/h6,10,21-26,36-38,41-42,50-54,61,84-86H,3-5,7-9,11-20,27-35,39-40H2,1-2H3,(H2,72,87)(H,74,94)(H,76,92)(H,77,93)(H,90,91)(H2,73,75,102)/t41-,42+,50-,51-,52-,53-,54-,61-/m0/s1. The average Bonchev–Trinajstić information content (AvgIpc) is 1.46. The predicted octanol–water partition coefficient (Wildman–Crippen LogP) is 2.47. The molecule has 11 N–H and O–H groups in total. The van der Waals surface area contributed by atoms with Gasteiger partial charge in [-0.2, -0.15) is 0 Å². The van der Waals surface area contributed by atoms with Gasteiger partial charge >= 0.3 is 11.9 Å². The largest absolute Gasteiger partial charge is 0.508 e. The van der Waals surface area contributed by atoms with Crippen molar-refractivity contribution in [1.82, 2.24) is 50.7 Å². The van der Waals surface area contributed by atoms with Gasteiger partial charge in [-0.25, -0.2) is 4.79 Å². The monoisotopic (exact) mass is 1430 g/mol. The number of aromatic hydroxyl groups is 2. The van der Waals surface area contributed by atoms with E-state index in [0.717, 1.165) is 4.90 Å². The summed E-state index contributed by atoms with van der Waals surface area (Å²) in [6, 6.07) is 5.53. The summed E-state index contributed by atoms with van der Waals surface area (Å²) in [5.74, 6) is -8.03. The molecule has 0 saturated carbocycles. The first-order chi connectivity index (χ1) is 48.8. The molecule has 548 valence electrons. The lowest BCUT2D eigenvalue weighted by Gasteiger charge is -2.36. The van der Waals surface area contributed by atoms with E-state index >= 15 is 0 Å². The van der Waals surface area contributed by atoms with Crippen LogP contribution in [0.3, 0.4) is 0 Å². The minimum absolute atomic E-state index is 0.0810. The van der Waals surface area contributed by atoms with E-state index in [4.69, 9.17) is 27.4 Å². The minimum atomic E-state index is -1.61. The highest BCUT2D eigenvalue weighted by molar-refractivity contribution is 7.80. The van der Waals surface area contributed by atoms with Gasteiger partial charge < -0.3 is 91.6 Å². The van der Waals surface area contributed by atoms with Crippen LogP contribution in [0.1, 0.15) is 156 Å². The van der Waals surface area contributed by atoms with Crippen molar-refractivity contribution in [2.75, 3.05) is 64.2 Å². The number of nitrogens with one attached hydrogen (secondary N) is 5. The fourth-order valence-corrected chi connectivity index (χ4v) is 15.0. The number of aliphatic hydroxyl groups is 1. The molecular weight excluding hydrogens is 1340 g/mol. The number of ether oxygens (including phenoxy) is 2. The Morgan fingerprint density at radius 2 is 1.32 bits per heavy atom. The number of likely N-dealkylation sites (tertiary alicyclic amines) is 1. The second kappa shape index (κ2) is 33.3. The van der Waals surface area contributed by atoms with Gasteiger partial charge in [0.25, 0.3) is 0 Å². The third-order valence-electron chi connectivity index (χ3n) is 19.9. The number of thiocarbonyl (C=S) groups is 1. The lowest BCUT2D eigenvalue weighted by molar-refractivity contribution is -0.148. The lowest BCUT2D eigenvalue weighted by atomic mass is 9.77. The first-order valence-electron chi connectivity index (χ1n) is 35.1. The fraction of sp³-hybridized carbons (Fsp3) is 0.535. The van der Waals surface area contributed by atoms with Crippen molar-refractivity contribution < 1.29 is 87.4 Å². The molecule has 8 atom stereocenters. The zero-order chi connectivity index (χ0) is 73.1. The number of carbonyl (C=O) groups excluding carboxylic acids is 11. The average molecular weight is 1430 g/mol. The highest BCUT2D eigenvalue weighted by atomic mass is 32.1. The number of primary amides is 1. The van der Waals surface area contributed by atoms with Crippen molar-refractivity contribution in [3.63, 3.8) is 0 Å². The molecule has 102 heavy (non-hydrogen) atoms. The molecule has 10 amide bonds. The van der Waals surface area contributed by atoms with Crippen molar-refractivity contribution in [3.05, 3.63) is 89.0 Å². The van der Waals surface area contributed by atoms with Gasteiger partial charge in [0.1, 0.15) is 65.3 Å². The number of amides is 10. The number of carboxylic acid groups (broad SMARTS) is 1. The topological polar surface area (TPSA) is 410 Å². The first kappa shape index (κ1) is 74.8.